The average Bonchev–Trinajstić information content (AvgIpc) is 3.14. The first kappa shape index (κ1) is 23.6. The van der Waals surface area contributed by atoms with Crippen LogP contribution in [0.15, 0.2) is 53.8 Å². The molecule has 0 spiro atoms. The fourth-order valence-electron chi connectivity index (χ4n) is 6.25. The molecule has 35 heavy (non-hydrogen) atoms. The van der Waals surface area contributed by atoms with Crippen LogP contribution in [-0.2, 0) is 15.7 Å². The van der Waals surface area contributed by atoms with Crippen molar-refractivity contribution in [2.75, 3.05) is 0 Å². The summed E-state index contributed by atoms with van der Waals surface area (Å²) in [4.78, 5) is 17.0. The number of halogens is 3. The standard InChI is InChI=1S/C27H27F3N2O3/c1-15-25-22(23-13-21(32-34)8-5-17(23)12-24(25)26(33)35-15)10-9-20-7-6-18(14-31-20)16-3-2-4-19(11-16)27(28,29)30/h2-4,6-7,9-11,14-15,17,22-25,34H,5,8,12-13H2,1H3/b10-9+,32-21+/t15?,17?,22-,23?,24?,25?/m0/s1. The van der Waals surface area contributed by atoms with Crippen LogP contribution in [0.2, 0.25) is 0 Å². The number of fused-ring (bicyclic) bond motifs is 2. The third kappa shape index (κ3) is 4.58. The number of esters is 1. The molecule has 5 nitrogen and oxygen atoms in total. The highest BCUT2D eigenvalue weighted by Gasteiger charge is 2.54. The van der Waals surface area contributed by atoms with E-state index in [1.54, 1.807) is 24.4 Å². The second kappa shape index (κ2) is 9.13. The number of oxime groups is 1. The minimum atomic E-state index is -4.40. The highest BCUT2D eigenvalue weighted by atomic mass is 19.4. The van der Waals surface area contributed by atoms with E-state index in [2.05, 4.69) is 16.2 Å². The fourth-order valence-corrected chi connectivity index (χ4v) is 6.25. The number of nitrogens with zero attached hydrogens (tertiary/aromatic N) is 2. The number of alkyl halides is 3. The Balaban J connectivity index is 1.40. The molecular formula is C27H27F3N2O3. The van der Waals surface area contributed by atoms with E-state index in [-0.39, 0.29) is 35.7 Å². The van der Waals surface area contributed by atoms with Crippen molar-refractivity contribution in [1.29, 1.82) is 0 Å². The molecule has 1 N–H and O–H groups in total. The lowest BCUT2D eigenvalue weighted by molar-refractivity contribution is -0.144. The molecule has 0 amide bonds. The van der Waals surface area contributed by atoms with Crippen molar-refractivity contribution in [3.8, 4) is 11.1 Å². The molecule has 2 aromatic rings. The second-order valence-electron chi connectivity index (χ2n) is 9.88. The summed E-state index contributed by atoms with van der Waals surface area (Å²) in [5, 5.41) is 12.8. The number of carbonyl (C=O) groups is 1. The van der Waals surface area contributed by atoms with Gasteiger partial charge in [-0.1, -0.05) is 29.4 Å². The van der Waals surface area contributed by atoms with Crippen LogP contribution >= 0.6 is 0 Å². The van der Waals surface area contributed by atoms with Gasteiger partial charge in [0, 0.05) is 17.7 Å². The average molecular weight is 485 g/mol. The number of benzene rings is 1. The van der Waals surface area contributed by atoms with Crippen LogP contribution in [0, 0.1) is 29.6 Å². The number of aromatic nitrogens is 1. The lowest BCUT2D eigenvalue weighted by Gasteiger charge is -2.45. The summed E-state index contributed by atoms with van der Waals surface area (Å²) < 4.78 is 44.8. The van der Waals surface area contributed by atoms with Crippen molar-refractivity contribution < 1.29 is 27.9 Å². The van der Waals surface area contributed by atoms with Gasteiger partial charge in [-0.05, 0) is 80.2 Å². The lowest BCUT2D eigenvalue weighted by atomic mass is 9.57. The summed E-state index contributed by atoms with van der Waals surface area (Å²) in [7, 11) is 0. The topological polar surface area (TPSA) is 71.8 Å². The van der Waals surface area contributed by atoms with Gasteiger partial charge < -0.3 is 9.94 Å². The SMILES string of the molecule is CC1OC(=O)C2CC3CC/C(=N\O)CC3[C@H](/C=C/c3ccc(-c4cccc(C(F)(F)F)c4)cn3)C12. The maximum atomic E-state index is 13.1. The molecular weight excluding hydrogens is 457 g/mol. The van der Waals surface area contributed by atoms with Gasteiger partial charge in [0.1, 0.15) is 6.10 Å². The van der Waals surface area contributed by atoms with Crippen LogP contribution in [-0.4, -0.2) is 28.0 Å². The Kier molecular flexibility index (Phi) is 6.15. The number of rotatable bonds is 3. The lowest BCUT2D eigenvalue weighted by Crippen LogP contribution is -2.44. The predicted molar refractivity (Wildman–Crippen MR) is 124 cm³/mol. The number of carbonyl (C=O) groups excluding carboxylic acids is 1. The molecule has 8 heteroatoms. The third-order valence-corrected chi connectivity index (χ3v) is 7.93. The van der Waals surface area contributed by atoms with E-state index >= 15 is 0 Å². The van der Waals surface area contributed by atoms with Crippen LogP contribution in [0.3, 0.4) is 0 Å². The number of pyridine rings is 1. The van der Waals surface area contributed by atoms with Crippen molar-refractivity contribution >= 4 is 17.8 Å². The van der Waals surface area contributed by atoms with Crippen molar-refractivity contribution in [2.24, 2.45) is 34.7 Å². The molecule has 2 saturated carbocycles. The molecule has 5 rings (SSSR count). The Bertz CT molecular complexity index is 1160. The molecule has 1 aromatic heterocycles. The first-order valence-corrected chi connectivity index (χ1v) is 12.0. The molecule has 6 atom stereocenters. The van der Waals surface area contributed by atoms with E-state index in [0.29, 0.717) is 29.2 Å². The Hall–Kier alpha value is -3.16. The van der Waals surface area contributed by atoms with E-state index in [9.17, 15) is 23.2 Å². The monoisotopic (exact) mass is 484 g/mol. The number of ether oxygens (including phenoxy) is 1. The van der Waals surface area contributed by atoms with Gasteiger partial charge in [0.05, 0.1) is 22.9 Å². The molecule has 1 saturated heterocycles. The molecule has 3 fully saturated rings. The van der Waals surface area contributed by atoms with Gasteiger partial charge in [-0.25, -0.2) is 0 Å². The van der Waals surface area contributed by atoms with Gasteiger partial charge in [0.15, 0.2) is 0 Å². The van der Waals surface area contributed by atoms with Gasteiger partial charge in [-0.3, -0.25) is 9.78 Å². The Labute approximate surface area is 201 Å². The maximum Gasteiger partial charge on any atom is 0.416 e. The predicted octanol–water partition coefficient (Wildman–Crippen LogP) is 6.22. The van der Waals surface area contributed by atoms with Crippen LogP contribution in [0.1, 0.15) is 43.9 Å². The Morgan fingerprint density at radius 2 is 2.03 bits per heavy atom. The summed E-state index contributed by atoms with van der Waals surface area (Å²) in [6.07, 6.45) is 4.15. The van der Waals surface area contributed by atoms with Crippen LogP contribution in [0.25, 0.3) is 17.2 Å². The smallest absolute Gasteiger partial charge is 0.416 e. The van der Waals surface area contributed by atoms with Gasteiger partial charge in [-0.15, -0.1) is 0 Å². The highest BCUT2D eigenvalue weighted by molar-refractivity contribution is 5.85. The molecule has 1 aromatic carbocycles. The van der Waals surface area contributed by atoms with Crippen LogP contribution < -0.4 is 0 Å². The maximum absolute atomic E-state index is 13.1. The van der Waals surface area contributed by atoms with Crippen LogP contribution in [0.5, 0.6) is 0 Å². The summed E-state index contributed by atoms with van der Waals surface area (Å²) in [6.45, 7) is 1.94. The Morgan fingerprint density at radius 3 is 2.74 bits per heavy atom. The van der Waals surface area contributed by atoms with Crippen molar-refractivity contribution in [1.82, 2.24) is 4.98 Å². The molecule has 2 heterocycles. The Morgan fingerprint density at radius 1 is 1.20 bits per heavy atom. The fraction of sp³-hybridized carbons (Fsp3) is 0.444. The van der Waals surface area contributed by atoms with E-state index < -0.39 is 11.7 Å². The largest absolute Gasteiger partial charge is 0.462 e. The van der Waals surface area contributed by atoms with Crippen molar-refractivity contribution in [2.45, 2.75) is 44.9 Å². The molecule has 2 aliphatic carbocycles. The summed E-state index contributed by atoms with van der Waals surface area (Å²) >= 11 is 0. The highest BCUT2D eigenvalue weighted by Crippen LogP contribution is 2.53. The number of cyclic esters (lactones) is 1. The zero-order valence-electron chi connectivity index (χ0n) is 19.3. The molecule has 0 radical (unpaired) electrons. The van der Waals surface area contributed by atoms with Gasteiger partial charge in [0.25, 0.3) is 0 Å². The molecule has 5 unspecified atom stereocenters. The van der Waals surface area contributed by atoms with Crippen molar-refractivity contribution in [3.05, 3.63) is 59.9 Å². The van der Waals surface area contributed by atoms with Gasteiger partial charge >= 0.3 is 12.1 Å². The summed E-state index contributed by atoms with van der Waals surface area (Å²) in [6, 6.07) is 8.74. The van der Waals surface area contributed by atoms with E-state index in [1.165, 1.54) is 6.07 Å². The van der Waals surface area contributed by atoms with Crippen LogP contribution in [0.4, 0.5) is 13.2 Å². The minimum absolute atomic E-state index is 0.0578. The quantitative estimate of drug-likeness (QED) is 0.319. The van der Waals surface area contributed by atoms with Gasteiger partial charge in [-0.2, -0.15) is 13.2 Å². The molecule has 0 bridgehead atoms. The number of allylic oxidation sites excluding steroid dienone is 1. The molecule has 184 valence electrons. The molecule has 1 aliphatic heterocycles. The third-order valence-electron chi connectivity index (χ3n) is 7.93. The summed E-state index contributed by atoms with van der Waals surface area (Å²) in [5.41, 5.74) is 1.84. The second-order valence-corrected chi connectivity index (χ2v) is 9.88. The van der Waals surface area contributed by atoms with Gasteiger partial charge in [0.2, 0.25) is 0 Å². The first-order chi connectivity index (χ1) is 16.7. The van der Waals surface area contributed by atoms with Crippen molar-refractivity contribution in [3.63, 3.8) is 0 Å². The van der Waals surface area contributed by atoms with E-state index in [1.807, 2.05) is 13.0 Å². The summed E-state index contributed by atoms with van der Waals surface area (Å²) in [5.74, 6) is 0.512. The molecule has 3 aliphatic rings. The number of hydrogen-bond acceptors (Lipinski definition) is 5. The van der Waals surface area contributed by atoms with E-state index in [4.69, 9.17) is 4.74 Å². The zero-order valence-corrected chi connectivity index (χ0v) is 19.3. The normalized spacial score (nSPS) is 31.9. The minimum Gasteiger partial charge on any atom is -0.462 e. The zero-order chi connectivity index (χ0) is 24.7. The van der Waals surface area contributed by atoms with E-state index in [0.717, 1.165) is 37.1 Å². The first-order valence-electron chi connectivity index (χ1n) is 12.0. The number of hydrogen-bond donors (Lipinski definition) is 1.